The molecular weight excluding hydrogens is 230 g/mol. The first kappa shape index (κ1) is 14.6. The van der Waals surface area contributed by atoms with Gasteiger partial charge in [0.25, 0.3) is 0 Å². The van der Waals surface area contributed by atoms with Crippen molar-refractivity contribution in [1.29, 1.82) is 0 Å². The highest BCUT2D eigenvalue weighted by atomic mass is 16.5. The first-order valence-electron chi connectivity index (χ1n) is 6.48. The van der Waals surface area contributed by atoms with E-state index in [0.29, 0.717) is 18.2 Å². The minimum absolute atomic E-state index is 0.490. The van der Waals surface area contributed by atoms with Crippen molar-refractivity contribution in [2.45, 2.75) is 26.7 Å². The molecule has 0 unspecified atom stereocenters. The van der Waals surface area contributed by atoms with Crippen LogP contribution in [0.25, 0.3) is 0 Å². The molecular formula is C13H23N3O2. The lowest BCUT2D eigenvalue weighted by Gasteiger charge is -2.09. The highest BCUT2D eigenvalue weighted by Crippen LogP contribution is 2.20. The van der Waals surface area contributed by atoms with E-state index in [9.17, 15) is 0 Å². The molecule has 5 heteroatoms. The molecule has 0 aromatic carbocycles. The second-order valence-corrected chi connectivity index (χ2v) is 3.92. The molecule has 5 nitrogen and oxygen atoms in total. The summed E-state index contributed by atoms with van der Waals surface area (Å²) in [6.07, 6.45) is 2.01. The van der Waals surface area contributed by atoms with Gasteiger partial charge < -0.3 is 20.5 Å². The van der Waals surface area contributed by atoms with Crippen LogP contribution in [0.15, 0.2) is 12.1 Å². The van der Waals surface area contributed by atoms with E-state index in [-0.39, 0.29) is 0 Å². The third kappa shape index (κ3) is 5.23. The summed E-state index contributed by atoms with van der Waals surface area (Å²) in [6, 6.07) is 3.65. The lowest BCUT2D eigenvalue weighted by molar-refractivity contribution is 0.134. The fourth-order valence-electron chi connectivity index (χ4n) is 1.44. The maximum absolute atomic E-state index is 5.75. The van der Waals surface area contributed by atoms with Gasteiger partial charge in [-0.1, -0.05) is 6.92 Å². The van der Waals surface area contributed by atoms with E-state index in [4.69, 9.17) is 15.2 Å². The molecule has 1 rings (SSSR count). The topological polar surface area (TPSA) is 69.4 Å². The number of nitrogen functional groups attached to an aromatic ring is 1. The Morgan fingerprint density at radius 1 is 1.28 bits per heavy atom. The van der Waals surface area contributed by atoms with Crippen LogP contribution >= 0.6 is 0 Å². The molecule has 0 aliphatic rings. The summed E-state index contributed by atoms with van der Waals surface area (Å²) in [7, 11) is 0. The first-order chi connectivity index (χ1) is 8.77. The van der Waals surface area contributed by atoms with Crippen molar-refractivity contribution >= 4 is 11.5 Å². The highest BCUT2D eigenvalue weighted by Gasteiger charge is 2.03. The molecule has 0 aliphatic heterocycles. The highest BCUT2D eigenvalue weighted by molar-refractivity contribution is 5.53. The van der Waals surface area contributed by atoms with E-state index in [0.717, 1.165) is 38.4 Å². The molecule has 0 fully saturated rings. The summed E-state index contributed by atoms with van der Waals surface area (Å²) < 4.78 is 10.7. The summed E-state index contributed by atoms with van der Waals surface area (Å²) in [5.74, 6) is 1.27. The second-order valence-electron chi connectivity index (χ2n) is 3.92. The normalized spacial score (nSPS) is 10.3. The largest absolute Gasteiger partial charge is 0.476 e. The van der Waals surface area contributed by atoms with Crippen LogP contribution in [0.2, 0.25) is 0 Å². The van der Waals surface area contributed by atoms with E-state index in [1.54, 1.807) is 6.07 Å². The van der Waals surface area contributed by atoms with Crippen LogP contribution in [0.1, 0.15) is 26.7 Å². The summed E-state index contributed by atoms with van der Waals surface area (Å²) in [6.45, 7) is 7.00. The van der Waals surface area contributed by atoms with Crippen molar-refractivity contribution in [3.63, 3.8) is 0 Å². The van der Waals surface area contributed by atoms with Gasteiger partial charge in [-0.25, -0.2) is 0 Å². The zero-order valence-corrected chi connectivity index (χ0v) is 11.2. The number of anilines is 2. The lowest BCUT2D eigenvalue weighted by Crippen LogP contribution is -2.08. The monoisotopic (exact) mass is 253 g/mol. The Hall–Kier alpha value is -1.49. The van der Waals surface area contributed by atoms with Crippen LogP contribution in [0, 0.1) is 0 Å². The Bertz CT molecular complexity index is 345. The molecule has 0 atom stereocenters. The van der Waals surface area contributed by atoms with Gasteiger partial charge in [-0.15, -0.1) is 0 Å². The van der Waals surface area contributed by atoms with E-state index in [2.05, 4.69) is 17.2 Å². The minimum atomic E-state index is 0.490. The van der Waals surface area contributed by atoms with Gasteiger partial charge >= 0.3 is 0 Å². The molecule has 0 saturated heterocycles. The van der Waals surface area contributed by atoms with Crippen molar-refractivity contribution in [2.24, 2.45) is 0 Å². The molecule has 0 radical (unpaired) electrons. The van der Waals surface area contributed by atoms with Crippen molar-refractivity contribution in [2.75, 3.05) is 37.4 Å². The van der Waals surface area contributed by atoms with Gasteiger partial charge in [0.05, 0.1) is 12.3 Å². The number of hydrogen-bond donors (Lipinski definition) is 2. The Labute approximate surface area is 109 Å². The quantitative estimate of drug-likeness (QED) is 0.661. The summed E-state index contributed by atoms with van der Waals surface area (Å²) >= 11 is 0. The zero-order chi connectivity index (χ0) is 13.2. The summed E-state index contributed by atoms with van der Waals surface area (Å²) in [4.78, 5) is 4.30. The molecule has 0 amide bonds. The molecule has 18 heavy (non-hydrogen) atoms. The number of aromatic nitrogens is 1. The van der Waals surface area contributed by atoms with Crippen molar-refractivity contribution in [3.8, 4) is 5.88 Å². The second kappa shape index (κ2) is 8.58. The average molecular weight is 253 g/mol. The van der Waals surface area contributed by atoms with Gasteiger partial charge in [-0.3, -0.25) is 0 Å². The SMILES string of the molecule is CCCOCCCNc1ccc(N)c(OCC)n1. The number of rotatable bonds is 9. The predicted molar refractivity (Wildman–Crippen MR) is 74.0 cm³/mol. The van der Waals surface area contributed by atoms with Gasteiger partial charge in [-0.2, -0.15) is 4.98 Å². The van der Waals surface area contributed by atoms with Gasteiger partial charge in [0.15, 0.2) is 0 Å². The Balaban J connectivity index is 2.31. The number of nitrogens with one attached hydrogen (secondary N) is 1. The summed E-state index contributed by atoms with van der Waals surface area (Å²) in [5.41, 5.74) is 6.31. The predicted octanol–water partition coefficient (Wildman–Crippen LogP) is 2.29. The molecule has 102 valence electrons. The van der Waals surface area contributed by atoms with Crippen LogP contribution < -0.4 is 15.8 Å². The lowest BCUT2D eigenvalue weighted by atomic mass is 10.4. The van der Waals surface area contributed by atoms with Crippen LogP contribution in [-0.2, 0) is 4.74 Å². The molecule has 0 aliphatic carbocycles. The first-order valence-corrected chi connectivity index (χ1v) is 6.48. The Morgan fingerprint density at radius 2 is 2.11 bits per heavy atom. The molecule has 0 saturated carbocycles. The smallest absolute Gasteiger partial charge is 0.239 e. The van der Waals surface area contributed by atoms with Crippen LogP contribution in [0.5, 0.6) is 5.88 Å². The fourth-order valence-corrected chi connectivity index (χ4v) is 1.44. The van der Waals surface area contributed by atoms with Crippen molar-refractivity contribution in [1.82, 2.24) is 4.98 Å². The van der Waals surface area contributed by atoms with Gasteiger partial charge in [0.2, 0.25) is 5.88 Å². The number of ether oxygens (including phenoxy) is 2. The molecule has 3 N–H and O–H groups in total. The van der Waals surface area contributed by atoms with Gasteiger partial charge in [0, 0.05) is 19.8 Å². The van der Waals surface area contributed by atoms with Crippen LogP contribution in [0.3, 0.4) is 0 Å². The number of nitrogens with two attached hydrogens (primary N) is 1. The minimum Gasteiger partial charge on any atom is -0.476 e. The van der Waals surface area contributed by atoms with Crippen molar-refractivity contribution < 1.29 is 9.47 Å². The number of nitrogens with zero attached hydrogens (tertiary/aromatic N) is 1. The average Bonchev–Trinajstić information content (AvgIpc) is 2.37. The molecule has 1 aromatic rings. The van der Waals surface area contributed by atoms with Gasteiger partial charge in [-0.05, 0) is 31.9 Å². The fraction of sp³-hybridized carbons (Fsp3) is 0.615. The molecule has 1 heterocycles. The van der Waals surface area contributed by atoms with E-state index in [1.807, 2.05) is 13.0 Å². The standard InChI is InChI=1S/C13H23N3O2/c1-3-9-17-10-5-8-15-12-7-6-11(14)13(16-12)18-4-2/h6-7H,3-5,8-10,14H2,1-2H3,(H,15,16). The Morgan fingerprint density at radius 3 is 2.83 bits per heavy atom. The Kier molecular flexibility index (Phi) is 6.94. The molecule has 0 bridgehead atoms. The number of pyridine rings is 1. The van der Waals surface area contributed by atoms with Crippen LogP contribution in [-0.4, -0.2) is 31.3 Å². The third-order valence-electron chi connectivity index (χ3n) is 2.29. The van der Waals surface area contributed by atoms with E-state index < -0.39 is 0 Å². The maximum atomic E-state index is 5.75. The third-order valence-corrected chi connectivity index (χ3v) is 2.29. The van der Waals surface area contributed by atoms with Crippen LogP contribution in [0.4, 0.5) is 11.5 Å². The van der Waals surface area contributed by atoms with Crippen molar-refractivity contribution in [3.05, 3.63) is 12.1 Å². The summed E-state index contributed by atoms with van der Waals surface area (Å²) in [5, 5.41) is 3.22. The van der Waals surface area contributed by atoms with E-state index in [1.165, 1.54) is 0 Å². The zero-order valence-electron chi connectivity index (χ0n) is 11.2. The maximum Gasteiger partial charge on any atom is 0.239 e. The van der Waals surface area contributed by atoms with E-state index >= 15 is 0 Å². The molecule has 0 spiro atoms. The number of hydrogen-bond acceptors (Lipinski definition) is 5. The van der Waals surface area contributed by atoms with Gasteiger partial charge in [0.1, 0.15) is 5.82 Å². The molecule has 1 aromatic heterocycles.